The van der Waals surface area contributed by atoms with Crippen molar-refractivity contribution in [2.45, 2.75) is 24.2 Å². The summed E-state index contributed by atoms with van der Waals surface area (Å²) in [6.45, 7) is 0.417. The van der Waals surface area contributed by atoms with E-state index in [1.807, 2.05) is 0 Å². The van der Waals surface area contributed by atoms with E-state index >= 15 is 0 Å². The Labute approximate surface area is 129 Å². The molecule has 2 N–H and O–H groups in total. The monoisotopic (exact) mass is 337 g/mol. The molecular formula is C13H17Cl2NO3S. The average Bonchev–Trinajstić information content (AvgIpc) is 2.87. The van der Waals surface area contributed by atoms with Gasteiger partial charge in [-0.2, -0.15) is 0 Å². The van der Waals surface area contributed by atoms with Gasteiger partial charge in [-0.25, -0.2) is 13.1 Å². The van der Waals surface area contributed by atoms with Crippen molar-refractivity contribution >= 4 is 33.2 Å². The molecule has 0 saturated heterocycles. The van der Waals surface area contributed by atoms with Crippen molar-refractivity contribution in [3.63, 3.8) is 0 Å². The Morgan fingerprint density at radius 2 is 1.95 bits per heavy atom. The maximum absolute atomic E-state index is 12.2. The molecule has 20 heavy (non-hydrogen) atoms. The van der Waals surface area contributed by atoms with Gasteiger partial charge in [-0.15, -0.1) is 0 Å². The Morgan fingerprint density at radius 1 is 1.25 bits per heavy atom. The number of nitrogens with one attached hydrogen (secondary N) is 1. The van der Waals surface area contributed by atoms with Crippen LogP contribution < -0.4 is 4.72 Å². The van der Waals surface area contributed by atoms with E-state index in [1.165, 1.54) is 6.07 Å². The second-order valence-corrected chi connectivity index (χ2v) is 7.56. The number of sulfonamides is 1. The van der Waals surface area contributed by atoms with Crippen LogP contribution in [0.4, 0.5) is 0 Å². The zero-order valence-corrected chi connectivity index (χ0v) is 13.2. The van der Waals surface area contributed by atoms with E-state index in [-0.39, 0.29) is 33.4 Å². The fourth-order valence-corrected chi connectivity index (χ4v) is 4.46. The van der Waals surface area contributed by atoms with Crippen molar-refractivity contribution in [2.75, 3.05) is 13.2 Å². The van der Waals surface area contributed by atoms with Gasteiger partial charge >= 0.3 is 0 Å². The molecule has 0 amide bonds. The Balaban J connectivity index is 2.10. The highest BCUT2D eigenvalue weighted by atomic mass is 35.5. The Hall–Kier alpha value is -0.330. The molecule has 4 nitrogen and oxygen atoms in total. The number of rotatable bonds is 5. The summed E-state index contributed by atoms with van der Waals surface area (Å²) in [6, 6.07) is 4.52. The molecule has 1 fully saturated rings. The predicted octanol–water partition coefficient (Wildman–Crippen LogP) is 2.68. The fourth-order valence-electron chi connectivity index (χ4n) is 2.61. The van der Waals surface area contributed by atoms with Gasteiger partial charge in [-0.1, -0.05) is 35.7 Å². The minimum absolute atomic E-state index is 0.00906. The van der Waals surface area contributed by atoms with Gasteiger partial charge in [-0.05, 0) is 36.8 Å². The molecule has 1 aromatic rings. The van der Waals surface area contributed by atoms with Crippen LogP contribution in [0, 0.1) is 11.8 Å². The molecule has 1 aromatic carbocycles. The van der Waals surface area contributed by atoms with E-state index in [2.05, 4.69) is 4.72 Å². The van der Waals surface area contributed by atoms with E-state index in [4.69, 9.17) is 23.2 Å². The van der Waals surface area contributed by atoms with Gasteiger partial charge in [0, 0.05) is 13.2 Å². The lowest BCUT2D eigenvalue weighted by molar-refractivity contribution is 0.195. The molecule has 0 bridgehead atoms. The number of hydrogen-bond acceptors (Lipinski definition) is 3. The van der Waals surface area contributed by atoms with Crippen LogP contribution in [-0.4, -0.2) is 26.7 Å². The first kappa shape index (κ1) is 16.0. The van der Waals surface area contributed by atoms with Crippen LogP contribution in [0.2, 0.25) is 10.0 Å². The zero-order valence-electron chi connectivity index (χ0n) is 10.9. The van der Waals surface area contributed by atoms with Crippen LogP contribution in [0.15, 0.2) is 23.1 Å². The highest BCUT2D eigenvalue weighted by Gasteiger charge is 2.28. The topological polar surface area (TPSA) is 66.4 Å². The second-order valence-electron chi connectivity index (χ2n) is 5.04. The maximum atomic E-state index is 12.2. The highest BCUT2D eigenvalue weighted by molar-refractivity contribution is 7.89. The number of aliphatic hydroxyl groups excluding tert-OH is 1. The Bertz CT molecular complexity index is 577. The zero-order chi connectivity index (χ0) is 14.8. The maximum Gasteiger partial charge on any atom is 0.242 e. The predicted molar refractivity (Wildman–Crippen MR) is 79.6 cm³/mol. The average molecular weight is 338 g/mol. The van der Waals surface area contributed by atoms with Crippen LogP contribution >= 0.6 is 23.2 Å². The molecule has 0 spiro atoms. The minimum atomic E-state index is -3.68. The first-order valence-corrected chi connectivity index (χ1v) is 8.74. The first-order chi connectivity index (χ1) is 9.45. The summed E-state index contributed by atoms with van der Waals surface area (Å²) in [6.07, 6.45) is 2.90. The molecule has 1 aliphatic carbocycles. The van der Waals surface area contributed by atoms with E-state index in [9.17, 15) is 13.5 Å². The molecule has 1 saturated carbocycles. The third-order valence-electron chi connectivity index (χ3n) is 3.79. The SMILES string of the molecule is O=S(=O)(NCC1CCCC1CO)c1cccc(Cl)c1Cl. The Morgan fingerprint density at radius 3 is 2.65 bits per heavy atom. The summed E-state index contributed by atoms with van der Waals surface area (Å²) in [5.74, 6) is 0.347. The summed E-state index contributed by atoms with van der Waals surface area (Å²) in [7, 11) is -3.68. The summed E-state index contributed by atoms with van der Waals surface area (Å²) in [4.78, 5) is -0.00906. The van der Waals surface area contributed by atoms with E-state index in [0.29, 0.717) is 6.54 Å². The minimum Gasteiger partial charge on any atom is -0.396 e. The molecule has 2 unspecified atom stereocenters. The largest absolute Gasteiger partial charge is 0.396 e. The van der Waals surface area contributed by atoms with Crippen molar-refractivity contribution in [2.24, 2.45) is 11.8 Å². The summed E-state index contributed by atoms with van der Waals surface area (Å²) in [5.41, 5.74) is 0. The van der Waals surface area contributed by atoms with Crippen molar-refractivity contribution < 1.29 is 13.5 Å². The Kier molecular flexibility index (Phi) is 5.31. The van der Waals surface area contributed by atoms with Gasteiger partial charge in [0.05, 0.1) is 10.0 Å². The second kappa shape index (κ2) is 6.62. The fraction of sp³-hybridized carbons (Fsp3) is 0.538. The number of aliphatic hydroxyl groups is 1. The summed E-state index contributed by atoms with van der Waals surface area (Å²) >= 11 is 11.8. The molecule has 2 atom stereocenters. The van der Waals surface area contributed by atoms with Crippen molar-refractivity contribution in [3.8, 4) is 0 Å². The highest BCUT2D eigenvalue weighted by Crippen LogP contribution is 2.32. The van der Waals surface area contributed by atoms with Crippen LogP contribution in [0.3, 0.4) is 0 Å². The summed E-state index contributed by atoms with van der Waals surface area (Å²) < 4.78 is 27.0. The van der Waals surface area contributed by atoms with E-state index in [0.717, 1.165) is 19.3 Å². The van der Waals surface area contributed by atoms with E-state index < -0.39 is 10.0 Å². The quantitative estimate of drug-likeness (QED) is 0.867. The molecule has 112 valence electrons. The lowest BCUT2D eigenvalue weighted by Crippen LogP contribution is -2.31. The van der Waals surface area contributed by atoms with Crippen molar-refractivity contribution in [3.05, 3.63) is 28.2 Å². The number of benzene rings is 1. The molecule has 1 aliphatic rings. The van der Waals surface area contributed by atoms with Crippen LogP contribution in [0.25, 0.3) is 0 Å². The van der Waals surface area contributed by atoms with Gasteiger partial charge in [0.15, 0.2) is 0 Å². The van der Waals surface area contributed by atoms with E-state index in [1.54, 1.807) is 12.1 Å². The molecule has 7 heteroatoms. The molecule has 2 rings (SSSR count). The van der Waals surface area contributed by atoms with Gasteiger partial charge in [0.25, 0.3) is 0 Å². The van der Waals surface area contributed by atoms with Crippen LogP contribution in [-0.2, 0) is 10.0 Å². The number of hydrogen-bond donors (Lipinski definition) is 2. The van der Waals surface area contributed by atoms with Crippen molar-refractivity contribution in [1.29, 1.82) is 0 Å². The smallest absolute Gasteiger partial charge is 0.242 e. The van der Waals surface area contributed by atoms with Gasteiger partial charge in [-0.3, -0.25) is 0 Å². The molecular weight excluding hydrogens is 321 g/mol. The lowest BCUT2D eigenvalue weighted by atomic mass is 9.97. The molecule has 0 heterocycles. The van der Waals surface area contributed by atoms with Gasteiger partial charge < -0.3 is 5.11 Å². The molecule has 0 aliphatic heterocycles. The third kappa shape index (κ3) is 3.46. The standard InChI is InChI=1S/C13H17Cl2NO3S/c14-11-5-2-6-12(13(11)15)20(18,19)16-7-9-3-1-4-10(9)8-17/h2,5-6,9-10,16-17H,1,3-4,7-8H2. The third-order valence-corrected chi connectivity index (χ3v) is 6.19. The van der Waals surface area contributed by atoms with Crippen LogP contribution in [0.1, 0.15) is 19.3 Å². The normalized spacial score (nSPS) is 23.1. The van der Waals surface area contributed by atoms with Crippen LogP contribution in [0.5, 0.6) is 0 Å². The van der Waals surface area contributed by atoms with Gasteiger partial charge in [0.2, 0.25) is 10.0 Å². The van der Waals surface area contributed by atoms with Crippen molar-refractivity contribution in [1.82, 2.24) is 4.72 Å². The molecule has 0 radical (unpaired) electrons. The summed E-state index contributed by atoms with van der Waals surface area (Å²) in [5, 5.41) is 9.49. The lowest BCUT2D eigenvalue weighted by Gasteiger charge is -2.18. The first-order valence-electron chi connectivity index (χ1n) is 6.50. The number of halogens is 2. The van der Waals surface area contributed by atoms with Gasteiger partial charge in [0.1, 0.15) is 4.90 Å². The molecule has 0 aromatic heterocycles.